The van der Waals surface area contributed by atoms with Crippen LogP contribution in [0.1, 0.15) is 58.3 Å². The van der Waals surface area contributed by atoms with Crippen LogP contribution in [0.15, 0.2) is 146 Å². The van der Waals surface area contributed by atoms with Gasteiger partial charge in [-0.05, 0) is 66.1 Å². The number of carbonyl (C=O) groups excluding carboxylic acids is 3. The number of hydrogen-bond acceptors (Lipinski definition) is 7. The third-order valence-electron chi connectivity index (χ3n) is 10.7. The number of aromatic amines is 1. The molecule has 2 aliphatic rings. The number of Topliss-reactive ketones (excluding diaryl/α,β-unsaturated/α-hetero) is 1. The van der Waals surface area contributed by atoms with Crippen LogP contribution in [-0.2, 0) is 40.6 Å². The summed E-state index contributed by atoms with van der Waals surface area (Å²) in [5, 5.41) is 9.83. The molecule has 0 spiro atoms. The average Bonchev–Trinajstić information content (AvgIpc) is 4.07. The highest BCUT2D eigenvalue weighted by Crippen LogP contribution is 2.31. The van der Waals surface area contributed by atoms with Gasteiger partial charge in [-0.25, -0.2) is 14.4 Å². The van der Waals surface area contributed by atoms with Gasteiger partial charge in [0, 0.05) is 54.5 Å². The fourth-order valence-electron chi connectivity index (χ4n) is 7.64. The van der Waals surface area contributed by atoms with Crippen molar-refractivity contribution in [3.8, 4) is 0 Å². The highest BCUT2D eigenvalue weighted by Gasteiger charge is 2.37. The normalized spacial score (nSPS) is 15.9. The molecule has 11 heteroatoms. The van der Waals surface area contributed by atoms with Gasteiger partial charge in [0.15, 0.2) is 5.78 Å². The zero-order chi connectivity index (χ0) is 41.0. The summed E-state index contributed by atoms with van der Waals surface area (Å²) in [6.07, 6.45) is 3.38. The molecule has 59 heavy (non-hydrogen) atoms. The number of amides is 2. The van der Waals surface area contributed by atoms with Crippen molar-refractivity contribution >= 4 is 40.5 Å². The van der Waals surface area contributed by atoms with E-state index in [0.717, 1.165) is 47.2 Å². The lowest BCUT2D eigenvalue weighted by Crippen LogP contribution is -2.40. The third kappa shape index (κ3) is 10.4. The lowest BCUT2D eigenvalue weighted by atomic mass is 10.0. The van der Waals surface area contributed by atoms with Gasteiger partial charge in [-0.1, -0.05) is 121 Å². The molecular weight excluding hydrogens is 745 g/mol. The van der Waals surface area contributed by atoms with E-state index in [0.29, 0.717) is 37.9 Å². The van der Waals surface area contributed by atoms with Crippen LogP contribution in [0.3, 0.4) is 0 Å². The number of H-pyrrole nitrogens is 1. The molecule has 2 amide bonds. The Morgan fingerprint density at radius 2 is 1.07 bits per heavy atom. The molecule has 2 fully saturated rings. The van der Waals surface area contributed by atoms with Gasteiger partial charge >= 0.3 is 18.2 Å². The second kappa shape index (κ2) is 19.5. The van der Waals surface area contributed by atoms with Gasteiger partial charge in [-0.3, -0.25) is 14.6 Å². The topological polar surface area (TPSA) is 132 Å². The summed E-state index contributed by atoms with van der Waals surface area (Å²) in [5.74, 6) is -1.02. The number of aromatic nitrogens is 1. The Hall–Kier alpha value is -6.88. The van der Waals surface area contributed by atoms with E-state index in [2.05, 4.69) is 70.5 Å². The van der Waals surface area contributed by atoms with Crippen molar-refractivity contribution in [2.24, 2.45) is 0 Å². The largest absolute Gasteiger partial charge is 0.480 e. The summed E-state index contributed by atoms with van der Waals surface area (Å²) in [7, 11) is 0. The number of nitrogens with zero attached hydrogens (tertiary/aromatic N) is 3. The molecule has 6 aromatic rings. The zero-order valence-corrected chi connectivity index (χ0v) is 32.8. The molecule has 5 aromatic carbocycles. The lowest BCUT2D eigenvalue weighted by Gasteiger charge is -2.26. The molecule has 2 atom stereocenters. The predicted octanol–water partition coefficient (Wildman–Crippen LogP) is 9.23. The first-order valence-corrected chi connectivity index (χ1v) is 20.0. The lowest BCUT2D eigenvalue weighted by molar-refractivity contribution is -0.141. The maximum atomic E-state index is 13.9. The second-order valence-electron chi connectivity index (χ2n) is 14.7. The number of likely N-dealkylation sites (tertiary alicyclic amines) is 2. The van der Waals surface area contributed by atoms with Crippen LogP contribution in [0.25, 0.3) is 10.9 Å². The van der Waals surface area contributed by atoms with Crippen molar-refractivity contribution in [2.75, 3.05) is 18.0 Å². The number of carbonyl (C=O) groups is 4. The molecule has 0 bridgehead atoms. The van der Waals surface area contributed by atoms with Crippen LogP contribution in [-0.4, -0.2) is 69.0 Å². The van der Waals surface area contributed by atoms with Gasteiger partial charge in [-0.15, -0.1) is 0 Å². The maximum Gasteiger partial charge on any atom is 0.410 e. The number of carboxylic acids is 1. The van der Waals surface area contributed by atoms with Crippen molar-refractivity contribution in [2.45, 2.75) is 64.1 Å². The summed E-state index contributed by atoms with van der Waals surface area (Å²) in [6, 6.07) is 44.7. The van der Waals surface area contributed by atoms with E-state index in [1.165, 1.54) is 16.0 Å². The van der Waals surface area contributed by atoms with Crippen LogP contribution in [0, 0.1) is 0 Å². The van der Waals surface area contributed by atoms with E-state index in [-0.39, 0.29) is 19.0 Å². The minimum Gasteiger partial charge on any atom is -0.480 e. The number of ketones is 1. The maximum absolute atomic E-state index is 13.9. The number of hydrogen-bond donors (Lipinski definition) is 2. The summed E-state index contributed by atoms with van der Waals surface area (Å²) in [5.41, 5.74) is 6.76. The molecule has 11 nitrogen and oxygen atoms in total. The highest BCUT2D eigenvalue weighted by atomic mass is 16.6. The van der Waals surface area contributed by atoms with Crippen LogP contribution in [0.5, 0.6) is 0 Å². The minimum absolute atomic E-state index is 0.0553. The van der Waals surface area contributed by atoms with Gasteiger partial charge < -0.3 is 24.5 Å². The number of anilines is 1. The number of aliphatic carboxylic acids is 1. The molecule has 2 N–H and O–H groups in total. The van der Waals surface area contributed by atoms with E-state index in [1.54, 1.807) is 11.1 Å². The van der Waals surface area contributed by atoms with E-state index < -0.39 is 30.2 Å². The van der Waals surface area contributed by atoms with Crippen molar-refractivity contribution in [1.82, 2.24) is 14.8 Å². The summed E-state index contributed by atoms with van der Waals surface area (Å²) >= 11 is 0. The Morgan fingerprint density at radius 1 is 0.610 bits per heavy atom. The fraction of sp³-hybridized carbons (Fsp3) is 0.250. The standard InChI is InChI=1S/C35H33N3O3.C13H15NO4/c39-34(33-17-10-20-38(33)35(40)41-25-28-15-8-3-9-16-28)31-22-36-32-19-18-29(21-30(31)32)37(23-26-11-4-1-5-12-26)24-27-13-6-2-7-14-27;15-12(16)11-7-4-8-14(11)13(17)18-9-10-5-2-1-3-6-10/h1-9,11-16,18-19,21-22,33,36H,10,17,20,23-25H2;1-3,5-6,11H,4,7-9H2,(H,15,16)/t33-;11-/m11/s1. The molecule has 0 unspecified atom stereocenters. The summed E-state index contributed by atoms with van der Waals surface area (Å²) in [6.45, 7) is 2.79. The van der Waals surface area contributed by atoms with Gasteiger partial charge in [0.1, 0.15) is 19.3 Å². The molecule has 0 aliphatic carbocycles. The predicted molar refractivity (Wildman–Crippen MR) is 226 cm³/mol. The minimum atomic E-state index is -0.968. The monoisotopic (exact) mass is 792 g/mol. The van der Waals surface area contributed by atoms with Crippen LogP contribution >= 0.6 is 0 Å². The number of fused-ring (bicyclic) bond motifs is 1. The fourth-order valence-corrected chi connectivity index (χ4v) is 7.64. The molecule has 2 saturated heterocycles. The SMILES string of the molecule is O=C(O)[C@H]1CCCN1C(=O)OCc1ccccc1.O=C(c1c[nH]c2ccc(N(Cc3ccccc3)Cc3ccccc3)cc12)[C@H]1CCCN1C(=O)OCc1ccccc1. The van der Waals surface area contributed by atoms with Crippen molar-refractivity contribution < 1.29 is 33.8 Å². The number of ether oxygens (including phenoxy) is 2. The van der Waals surface area contributed by atoms with Gasteiger partial charge in [-0.2, -0.15) is 0 Å². The summed E-state index contributed by atoms with van der Waals surface area (Å²) < 4.78 is 10.7. The second-order valence-corrected chi connectivity index (χ2v) is 14.7. The number of carboxylic acid groups (broad SMARTS) is 1. The Morgan fingerprint density at radius 3 is 1.56 bits per heavy atom. The third-order valence-corrected chi connectivity index (χ3v) is 10.7. The van der Waals surface area contributed by atoms with Crippen molar-refractivity contribution in [3.63, 3.8) is 0 Å². The molecule has 0 saturated carbocycles. The van der Waals surface area contributed by atoms with Gasteiger partial charge in [0.2, 0.25) is 0 Å². The van der Waals surface area contributed by atoms with E-state index in [9.17, 15) is 19.2 Å². The summed E-state index contributed by atoms with van der Waals surface area (Å²) in [4.78, 5) is 58.1. The smallest absolute Gasteiger partial charge is 0.410 e. The Balaban J connectivity index is 0.000000245. The molecule has 302 valence electrons. The Kier molecular flexibility index (Phi) is 13.3. The number of benzene rings is 5. The molecule has 3 heterocycles. The first-order chi connectivity index (χ1) is 28.8. The average molecular weight is 793 g/mol. The van der Waals surface area contributed by atoms with Gasteiger partial charge in [0.25, 0.3) is 0 Å². The quantitative estimate of drug-likeness (QED) is 0.117. The molecule has 0 radical (unpaired) electrons. The highest BCUT2D eigenvalue weighted by molar-refractivity contribution is 6.11. The van der Waals surface area contributed by atoms with Crippen LogP contribution in [0.2, 0.25) is 0 Å². The molecule has 1 aromatic heterocycles. The van der Waals surface area contributed by atoms with Crippen LogP contribution in [0.4, 0.5) is 15.3 Å². The number of nitrogens with one attached hydrogen (secondary N) is 1. The van der Waals surface area contributed by atoms with Crippen molar-refractivity contribution in [1.29, 1.82) is 0 Å². The molecular formula is C48H48N4O7. The molecule has 8 rings (SSSR count). The van der Waals surface area contributed by atoms with Crippen LogP contribution < -0.4 is 4.90 Å². The van der Waals surface area contributed by atoms with E-state index in [1.807, 2.05) is 78.9 Å². The zero-order valence-electron chi connectivity index (χ0n) is 32.8. The Bertz CT molecular complexity index is 2280. The van der Waals surface area contributed by atoms with Gasteiger partial charge in [0.05, 0.1) is 6.04 Å². The first kappa shape index (κ1) is 40.3. The van der Waals surface area contributed by atoms with E-state index in [4.69, 9.17) is 14.6 Å². The van der Waals surface area contributed by atoms with Crippen molar-refractivity contribution in [3.05, 3.63) is 174 Å². The number of rotatable bonds is 12. The first-order valence-electron chi connectivity index (χ1n) is 20.0. The molecule has 2 aliphatic heterocycles. The Labute approximate surface area is 343 Å². The van der Waals surface area contributed by atoms with E-state index >= 15 is 0 Å².